The number of pyridine rings is 1. The highest BCUT2D eigenvalue weighted by Gasteiger charge is 2.16. The Hall–Kier alpha value is -3.71. The molecule has 1 atom stereocenters. The number of aromatic nitrogens is 4. The first-order chi connectivity index (χ1) is 14.2. The summed E-state index contributed by atoms with van der Waals surface area (Å²) in [5.41, 5.74) is 3.12. The van der Waals surface area contributed by atoms with Crippen molar-refractivity contribution >= 4 is 22.4 Å². The van der Waals surface area contributed by atoms with E-state index in [1.165, 1.54) is 0 Å². The second-order valence-electron chi connectivity index (χ2n) is 6.94. The van der Waals surface area contributed by atoms with Gasteiger partial charge in [-0.1, -0.05) is 30.3 Å². The van der Waals surface area contributed by atoms with Crippen molar-refractivity contribution in [3.63, 3.8) is 0 Å². The monoisotopic (exact) mass is 385 g/mol. The van der Waals surface area contributed by atoms with Gasteiger partial charge in [-0.25, -0.2) is 9.50 Å². The number of aliphatic hydroxyl groups excluding tert-OH is 1. The third-order valence-corrected chi connectivity index (χ3v) is 4.94. The van der Waals surface area contributed by atoms with Crippen molar-refractivity contribution in [2.24, 2.45) is 0 Å². The van der Waals surface area contributed by atoms with Crippen molar-refractivity contribution < 1.29 is 9.52 Å². The van der Waals surface area contributed by atoms with E-state index in [-0.39, 0.29) is 0 Å². The number of imidazole rings is 1. The van der Waals surface area contributed by atoms with E-state index in [2.05, 4.69) is 9.97 Å². The Morgan fingerprint density at radius 2 is 1.97 bits per heavy atom. The zero-order chi connectivity index (χ0) is 19.8. The van der Waals surface area contributed by atoms with Gasteiger partial charge in [0.1, 0.15) is 17.1 Å². The predicted octanol–water partition coefficient (Wildman–Crippen LogP) is 3.71. The Labute approximate surface area is 166 Å². The van der Waals surface area contributed by atoms with E-state index >= 15 is 0 Å². The zero-order valence-corrected chi connectivity index (χ0v) is 15.8. The molecule has 0 aliphatic rings. The number of fused-ring (bicyclic) bond motifs is 2. The van der Waals surface area contributed by atoms with Crippen LogP contribution in [0.5, 0.6) is 0 Å². The van der Waals surface area contributed by atoms with Gasteiger partial charge in [0.25, 0.3) is 0 Å². The smallest absolute Gasteiger partial charge is 0.155 e. The molecule has 0 saturated heterocycles. The number of anilines is 1. The van der Waals surface area contributed by atoms with Crippen molar-refractivity contribution in [3.05, 3.63) is 78.8 Å². The van der Waals surface area contributed by atoms with Gasteiger partial charge in [0.2, 0.25) is 0 Å². The summed E-state index contributed by atoms with van der Waals surface area (Å²) in [5, 5.41) is 16.2. The number of hydrogen-bond acceptors (Lipinski definition) is 6. The molecule has 0 spiro atoms. The Bertz CT molecular complexity index is 1250. The van der Waals surface area contributed by atoms with Crippen LogP contribution in [0, 0.1) is 0 Å². The molecule has 1 N–H and O–H groups in total. The summed E-state index contributed by atoms with van der Waals surface area (Å²) >= 11 is 0. The van der Waals surface area contributed by atoms with Crippen LogP contribution in [-0.2, 0) is 0 Å². The molecule has 1 aromatic carbocycles. The second-order valence-corrected chi connectivity index (χ2v) is 6.94. The maximum atomic E-state index is 10.5. The van der Waals surface area contributed by atoms with Crippen molar-refractivity contribution in [2.75, 3.05) is 18.5 Å². The minimum atomic E-state index is -0.608. The topological polar surface area (TPSA) is 79.7 Å². The lowest BCUT2D eigenvalue weighted by atomic mass is 10.1. The first-order valence-electron chi connectivity index (χ1n) is 9.32. The molecule has 1 unspecified atom stereocenters. The number of nitrogens with zero attached hydrogens (tertiary/aromatic N) is 5. The van der Waals surface area contributed by atoms with Crippen LogP contribution in [-0.4, -0.2) is 38.3 Å². The minimum Gasteiger partial charge on any atom is -0.454 e. The Kier molecular flexibility index (Phi) is 4.22. The van der Waals surface area contributed by atoms with Gasteiger partial charge < -0.3 is 14.4 Å². The zero-order valence-electron chi connectivity index (χ0n) is 15.8. The lowest BCUT2D eigenvalue weighted by molar-refractivity contribution is 0.184. The highest BCUT2D eigenvalue weighted by Crippen LogP contribution is 2.28. The average Bonchev–Trinajstić information content (AvgIpc) is 3.37. The molecule has 7 nitrogen and oxygen atoms in total. The maximum Gasteiger partial charge on any atom is 0.155 e. The molecule has 4 aromatic heterocycles. The number of furan rings is 1. The molecule has 144 valence electrons. The molecule has 0 fully saturated rings. The SMILES string of the molecule is CN(CC(O)c1ccccc1)c1ccc2ncc(-c3cc4cnccc4o3)n2n1. The molecule has 0 saturated carbocycles. The number of aliphatic hydroxyl groups is 1. The molecule has 4 heterocycles. The van der Waals surface area contributed by atoms with E-state index in [4.69, 9.17) is 9.52 Å². The molecule has 5 aromatic rings. The maximum absolute atomic E-state index is 10.5. The van der Waals surface area contributed by atoms with Crippen LogP contribution in [0.2, 0.25) is 0 Å². The quantitative estimate of drug-likeness (QED) is 0.497. The molecule has 7 heteroatoms. The van der Waals surface area contributed by atoms with Crippen LogP contribution in [0.4, 0.5) is 5.82 Å². The van der Waals surface area contributed by atoms with Crippen molar-refractivity contribution in [1.29, 1.82) is 0 Å². The molecular formula is C22H19N5O2. The standard InChI is InChI=1S/C22H19N5O2/c1-26(14-18(28)15-5-3-2-4-6-15)22-8-7-21-24-13-17(27(21)25-22)20-11-16-12-23-10-9-19(16)29-20/h2-13,18,28H,14H2,1H3. The largest absolute Gasteiger partial charge is 0.454 e. The van der Waals surface area contributed by atoms with Gasteiger partial charge in [-0.3, -0.25) is 4.98 Å². The number of likely N-dealkylation sites (N-methyl/N-ethyl adjacent to an activating group) is 1. The fourth-order valence-corrected chi connectivity index (χ4v) is 3.38. The summed E-state index contributed by atoms with van der Waals surface area (Å²) in [6.45, 7) is 0.420. The fraction of sp³-hybridized carbons (Fsp3) is 0.136. The summed E-state index contributed by atoms with van der Waals surface area (Å²) in [6, 6.07) is 17.2. The third kappa shape index (κ3) is 3.21. The first-order valence-corrected chi connectivity index (χ1v) is 9.32. The van der Waals surface area contributed by atoms with E-state index in [9.17, 15) is 5.11 Å². The van der Waals surface area contributed by atoms with Gasteiger partial charge in [-0.2, -0.15) is 0 Å². The van der Waals surface area contributed by atoms with E-state index in [1.54, 1.807) is 23.1 Å². The molecule has 0 amide bonds. The van der Waals surface area contributed by atoms with Crippen LogP contribution in [0.15, 0.2) is 77.6 Å². The second kappa shape index (κ2) is 7.03. The molecular weight excluding hydrogens is 366 g/mol. The molecule has 5 rings (SSSR count). The molecule has 0 radical (unpaired) electrons. The van der Waals surface area contributed by atoms with Crippen molar-refractivity contribution in [1.82, 2.24) is 19.6 Å². The van der Waals surface area contributed by atoms with Crippen molar-refractivity contribution in [2.45, 2.75) is 6.10 Å². The Morgan fingerprint density at radius 1 is 1.10 bits per heavy atom. The predicted molar refractivity (Wildman–Crippen MR) is 111 cm³/mol. The summed E-state index contributed by atoms with van der Waals surface area (Å²) in [5.74, 6) is 1.40. The van der Waals surface area contributed by atoms with Crippen LogP contribution in [0.1, 0.15) is 11.7 Å². The Balaban J connectivity index is 1.47. The van der Waals surface area contributed by atoms with Gasteiger partial charge >= 0.3 is 0 Å². The lowest BCUT2D eigenvalue weighted by Crippen LogP contribution is -2.25. The fourth-order valence-electron chi connectivity index (χ4n) is 3.38. The number of benzene rings is 1. The highest BCUT2D eigenvalue weighted by molar-refractivity contribution is 5.81. The molecule has 0 aliphatic heterocycles. The van der Waals surface area contributed by atoms with Gasteiger partial charge in [0, 0.05) is 31.4 Å². The highest BCUT2D eigenvalue weighted by atomic mass is 16.3. The normalized spacial score (nSPS) is 12.5. The summed E-state index contributed by atoms with van der Waals surface area (Å²) < 4.78 is 7.70. The molecule has 0 bridgehead atoms. The van der Waals surface area contributed by atoms with Gasteiger partial charge in [-0.05, 0) is 29.8 Å². The number of rotatable bonds is 5. The Morgan fingerprint density at radius 3 is 2.79 bits per heavy atom. The van der Waals surface area contributed by atoms with Crippen LogP contribution >= 0.6 is 0 Å². The lowest BCUT2D eigenvalue weighted by Gasteiger charge is -2.22. The summed E-state index contributed by atoms with van der Waals surface area (Å²) in [7, 11) is 1.91. The number of hydrogen-bond donors (Lipinski definition) is 1. The van der Waals surface area contributed by atoms with Gasteiger partial charge in [0.15, 0.2) is 11.4 Å². The van der Waals surface area contributed by atoms with Gasteiger partial charge in [-0.15, -0.1) is 5.10 Å². The molecule has 29 heavy (non-hydrogen) atoms. The minimum absolute atomic E-state index is 0.420. The van der Waals surface area contributed by atoms with E-state index in [1.807, 2.05) is 66.5 Å². The summed E-state index contributed by atoms with van der Waals surface area (Å²) in [4.78, 5) is 10.5. The average molecular weight is 385 g/mol. The van der Waals surface area contributed by atoms with Crippen LogP contribution < -0.4 is 4.90 Å². The summed E-state index contributed by atoms with van der Waals surface area (Å²) in [6.07, 6.45) is 4.61. The van der Waals surface area contributed by atoms with E-state index < -0.39 is 6.10 Å². The molecule has 0 aliphatic carbocycles. The van der Waals surface area contributed by atoms with Crippen molar-refractivity contribution in [3.8, 4) is 11.5 Å². The van der Waals surface area contributed by atoms with Crippen LogP contribution in [0.3, 0.4) is 0 Å². The third-order valence-electron chi connectivity index (χ3n) is 4.94. The van der Waals surface area contributed by atoms with Gasteiger partial charge in [0.05, 0.1) is 12.3 Å². The van der Waals surface area contributed by atoms with Crippen LogP contribution in [0.25, 0.3) is 28.1 Å². The van der Waals surface area contributed by atoms with E-state index in [0.29, 0.717) is 12.3 Å². The first kappa shape index (κ1) is 17.4. The van der Waals surface area contributed by atoms with E-state index in [0.717, 1.165) is 33.7 Å².